The van der Waals surface area contributed by atoms with Crippen molar-refractivity contribution in [3.8, 4) is 0 Å². The number of carboxylic acids is 1. The molecule has 2 amide bonds. The predicted octanol–water partition coefficient (Wildman–Crippen LogP) is 0.544. The summed E-state index contributed by atoms with van der Waals surface area (Å²) in [5.74, 6) is -1.03. The zero-order valence-electron chi connectivity index (χ0n) is 11.8. The molecule has 0 aliphatic rings. The lowest BCUT2D eigenvalue weighted by Gasteiger charge is -2.24. The maximum absolute atomic E-state index is 12.0. The first-order chi connectivity index (χ1) is 9.06. The average molecular weight is 276 g/mol. The number of nitrogens with zero attached hydrogens (tertiary/aromatic N) is 1. The van der Waals surface area contributed by atoms with Gasteiger partial charge in [0.25, 0.3) is 0 Å². The second-order valence-corrected chi connectivity index (χ2v) is 4.07. The van der Waals surface area contributed by atoms with Gasteiger partial charge in [0.05, 0.1) is 6.61 Å². The number of aliphatic carboxylic acids is 1. The lowest BCUT2D eigenvalue weighted by molar-refractivity contribution is -0.139. The molecule has 112 valence electrons. The van der Waals surface area contributed by atoms with Crippen LogP contribution in [0.3, 0.4) is 0 Å². The van der Waals surface area contributed by atoms with E-state index in [9.17, 15) is 9.59 Å². The molecule has 0 spiro atoms. The van der Waals surface area contributed by atoms with Gasteiger partial charge in [0.1, 0.15) is 6.04 Å². The van der Waals surface area contributed by atoms with Crippen molar-refractivity contribution < 1.29 is 24.2 Å². The van der Waals surface area contributed by atoms with Crippen LogP contribution in [0.1, 0.15) is 19.8 Å². The van der Waals surface area contributed by atoms with Crippen LogP contribution in [0.15, 0.2) is 0 Å². The van der Waals surface area contributed by atoms with Crippen molar-refractivity contribution in [1.82, 2.24) is 10.2 Å². The number of amides is 2. The lowest BCUT2D eigenvalue weighted by atomic mass is 10.2. The molecule has 0 aliphatic heterocycles. The first kappa shape index (κ1) is 17.7. The first-order valence-electron chi connectivity index (χ1n) is 6.32. The number of carboxylic acid groups (broad SMARTS) is 1. The Kier molecular flexibility index (Phi) is 9.82. The third kappa shape index (κ3) is 7.63. The van der Waals surface area contributed by atoms with Crippen LogP contribution < -0.4 is 5.32 Å². The summed E-state index contributed by atoms with van der Waals surface area (Å²) in [7, 11) is 3.15. The van der Waals surface area contributed by atoms with Gasteiger partial charge >= 0.3 is 12.0 Å². The Morgan fingerprint density at radius 3 is 2.32 bits per heavy atom. The van der Waals surface area contributed by atoms with Gasteiger partial charge in [-0.1, -0.05) is 6.92 Å². The molecule has 0 heterocycles. The van der Waals surface area contributed by atoms with Gasteiger partial charge in [-0.2, -0.15) is 0 Å². The summed E-state index contributed by atoms with van der Waals surface area (Å²) in [6, 6.07) is -1.25. The Morgan fingerprint density at radius 2 is 1.84 bits per heavy atom. The van der Waals surface area contributed by atoms with Crippen molar-refractivity contribution in [3.05, 3.63) is 0 Å². The number of carbonyl (C=O) groups excluding carboxylic acids is 1. The van der Waals surface area contributed by atoms with Crippen LogP contribution in [-0.2, 0) is 14.3 Å². The topological polar surface area (TPSA) is 88.1 Å². The van der Waals surface area contributed by atoms with Crippen LogP contribution in [0.25, 0.3) is 0 Å². The summed E-state index contributed by atoms with van der Waals surface area (Å²) in [5.41, 5.74) is 0. The maximum Gasteiger partial charge on any atom is 0.326 e. The molecule has 19 heavy (non-hydrogen) atoms. The summed E-state index contributed by atoms with van der Waals surface area (Å²) in [6.07, 6.45) is 1.04. The molecule has 0 saturated carbocycles. The second-order valence-electron chi connectivity index (χ2n) is 4.07. The minimum Gasteiger partial charge on any atom is -0.480 e. The fraction of sp³-hybridized carbons (Fsp3) is 0.833. The normalized spacial score (nSPS) is 11.9. The maximum atomic E-state index is 12.0. The van der Waals surface area contributed by atoms with Gasteiger partial charge in [-0.15, -0.1) is 0 Å². The SMILES string of the molecule is CC[C@@H](NC(=O)N(CCCOC)CCOC)C(=O)O. The summed E-state index contributed by atoms with van der Waals surface area (Å²) < 4.78 is 9.87. The van der Waals surface area contributed by atoms with E-state index in [4.69, 9.17) is 14.6 Å². The number of methoxy groups -OCH3 is 2. The standard InChI is InChI=1S/C12H24N2O5/c1-4-10(11(15)16)13-12(17)14(7-9-19-3)6-5-8-18-2/h10H,4-9H2,1-3H3,(H,13,17)(H,15,16)/t10-/m1/s1. The van der Waals surface area contributed by atoms with Crippen molar-refractivity contribution in [2.75, 3.05) is 40.5 Å². The Balaban J connectivity index is 4.37. The van der Waals surface area contributed by atoms with Crippen molar-refractivity contribution in [2.45, 2.75) is 25.8 Å². The molecule has 0 aliphatic carbocycles. The molecular weight excluding hydrogens is 252 g/mol. The number of rotatable bonds is 10. The van der Waals surface area contributed by atoms with Crippen molar-refractivity contribution in [3.63, 3.8) is 0 Å². The molecule has 0 bridgehead atoms. The first-order valence-corrected chi connectivity index (χ1v) is 6.32. The average Bonchev–Trinajstić information content (AvgIpc) is 2.39. The number of hydrogen-bond acceptors (Lipinski definition) is 4. The molecule has 0 aromatic carbocycles. The second kappa shape index (κ2) is 10.6. The summed E-state index contributed by atoms with van der Waals surface area (Å²) in [4.78, 5) is 24.4. The Hall–Kier alpha value is -1.34. The smallest absolute Gasteiger partial charge is 0.326 e. The highest BCUT2D eigenvalue weighted by Gasteiger charge is 2.21. The van der Waals surface area contributed by atoms with Crippen LogP contribution in [0, 0.1) is 0 Å². The summed E-state index contributed by atoms with van der Waals surface area (Å²) in [6.45, 7) is 3.59. The Bertz CT molecular complexity index is 273. The van der Waals surface area contributed by atoms with Crippen molar-refractivity contribution in [2.24, 2.45) is 0 Å². The lowest BCUT2D eigenvalue weighted by Crippen LogP contribution is -2.49. The number of hydrogen-bond donors (Lipinski definition) is 2. The molecule has 0 unspecified atom stereocenters. The third-order valence-electron chi connectivity index (χ3n) is 2.63. The Labute approximate surface area is 113 Å². The highest BCUT2D eigenvalue weighted by atomic mass is 16.5. The van der Waals surface area contributed by atoms with E-state index in [1.807, 2.05) is 0 Å². The summed E-state index contributed by atoms with van der Waals surface area (Å²) >= 11 is 0. The van der Waals surface area contributed by atoms with E-state index in [1.165, 1.54) is 4.90 Å². The highest BCUT2D eigenvalue weighted by molar-refractivity contribution is 5.82. The van der Waals surface area contributed by atoms with Gasteiger partial charge < -0.3 is 24.8 Å². The summed E-state index contributed by atoms with van der Waals surface area (Å²) in [5, 5.41) is 11.4. The molecule has 0 aromatic rings. The minimum atomic E-state index is -1.03. The van der Waals surface area contributed by atoms with Gasteiger partial charge in [0, 0.05) is 33.9 Å². The van der Waals surface area contributed by atoms with E-state index < -0.39 is 12.0 Å². The van der Waals surface area contributed by atoms with Crippen LogP contribution in [-0.4, -0.2) is 68.6 Å². The zero-order valence-corrected chi connectivity index (χ0v) is 11.8. The quantitative estimate of drug-likeness (QED) is 0.569. The van der Waals surface area contributed by atoms with E-state index in [-0.39, 0.29) is 6.03 Å². The van der Waals surface area contributed by atoms with Crippen LogP contribution in [0.5, 0.6) is 0 Å². The number of carbonyl (C=O) groups is 2. The molecular formula is C12H24N2O5. The highest BCUT2D eigenvalue weighted by Crippen LogP contribution is 1.98. The fourth-order valence-corrected chi connectivity index (χ4v) is 1.49. The van der Waals surface area contributed by atoms with E-state index >= 15 is 0 Å². The van der Waals surface area contributed by atoms with Gasteiger partial charge in [-0.3, -0.25) is 0 Å². The van der Waals surface area contributed by atoms with Gasteiger partial charge in [-0.05, 0) is 12.8 Å². The fourth-order valence-electron chi connectivity index (χ4n) is 1.49. The molecule has 0 fully saturated rings. The molecule has 0 rings (SSSR count). The van der Waals surface area contributed by atoms with Crippen molar-refractivity contribution in [1.29, 1.82) is 0 Å². The predicted molar refractivity (Wildman–Crippen MR) is 70.2 cm³/mol. The van der Waals surface area contributed by atoms with E-state index in [0.29, 0.717) is 39.1 Å². The molecule has 7 nitrogen and oxygen atoms in total. The van der Waals surface area contributed by atoms with Crippen LogP contribution in [0.4, 0.5) is 4.79 Å². The van der Waals surface area contributed by atoms with Gasteiger partial charge in [-0.25, -0.2) is 9.59 Å². The minimum absolute atomic E-state index is 0.345. The van der Waals surface area contributed by atoms with E-state index in [0.717, 1.165) is 0 Å². The Morgan fingerprint density at radius 1 is 1.21 bits per heavy atom. The van der Waals surface area contributed by atoms with Crippen molar-refractivity contribution >= 4 is 12.0 Å². The number of nitrogens with one attached hydrogen (secondary N) is 1. The van der Waals surface area contributed by atoms with Crippen LogP contribution >= 0.6 is 0 Å². The monoisotopic (exact) mass is 276 g/mol. The van der Waals surface area contributed by atoms with E-state index in [2.05, 4.69) is 5.32 Å². The third-order valence-corrected chi connectivity index (χ3v) is 2.63. The van der Waals surface area contributed by atoms with Gasteiger partial charge in [0.15, 0.2) is 0 Å². The molecule has 1 atom stereocenters. The number of urea groups is 1. The van der Waals surface area contributed by atoms with Gasteiger partial charge in [0.2, 0.25) is 0 Å². The zero-order chi connectivity index (χ0) is 14.7. The molecule has 2 N–H and O–H groups in total. The molecule has 7 heteroatoms. The molecule has 0 radical (unpaired) electrons. The van der Waals surface area contributed by atoms with Crippen LogP contribution in [0.2, 0.25) is 0 Å². The molecule has 0 aromatic heterocycles. The largest absolute Gasteiger partial charge is 0.480 e. The van der Waals surface area contributed by atoms with E-state index in [1.54, 1.807) is 21.1 Å². The number of ether oxygens (including phenoxy) is 2. The molecule has 0 saturated heterocycles.